The molecule has 1 aliphatic rings. The summed E-state index contributed by atoms with van der Waals surface area (Å²) in [5.74, 6) is -0.404. The Morgan fingerprint density at radius 2 is 2.00 bits per heavy atom. The molecule has 0 aromatic carbocycles. The first-order chi connectivity index (χ1) is 13.7. The molecule has 2 aromatic heterocycles. The van der Waals surface area contributed by atoms with Crippen LogP contribution in [0, 0.1) is 12.8 Å². The summed E-state index contributed by atoms with van der Waals surface area (Å²) in [6.07, 6.45) is 0.441. The van der Waals surface area contributed by atoms with Gasteiger partial charge in [0.05, 0.1) is 23.7 Å². The topological polar surface area (TPSA) is 86.1 Å². The second-order valence-corrected chi connectivity index (χ2v) is 7.00. The first-order valence-corrected chi connectivity index (χ1v) is 9.20. The molecule has 0 spiro atoms. The quantitative estimate of drug-likeness (QED) is 0.819. The summed E-state index contributed by atoms with van der Waals surface area (Å²) in [5.41, 5.74) is -1.02. The minimum atomic E-state index is -4.63. The van der Waals surface area contributed by atoms with Gasteiger partial charge < -0.3 is 14.6 Å². The normalized spacial score (nSPS) is 16.4. The van der Waals surface area contributed by atoms with E-state index in [1.54, 1.807) is 6.92 Å². The zero-order chi connectivity index (χ0) is 21.0. The highest BCUT2D eigenvalue weighted by Gasteiger charge is 2.33. The maximum atomic E-state index is 13.2. The number of nitrogens with zero attached hydrogens (tertiary/aromatic N) is 3. The zero-order valence-corrected chi connectivity index (χ0v) is 15.8. The van der Waals surface area contributed by atoms with Crippen LogP contribution in [0.25, 0.3) is 0 Å². The number of pyridine rings is 1. The molecule has 7 nitrogen and oxygen atoms in total. The molecule has 1 N–H and O–H groups in total. The van der Waals surface area contributed by atoms with Gasteiger partial charge in [0.2, 0.25) is 5.91 Å². The lowest BCUT2D eigenvalue weighted by Gasteiger charge is -2.27. The minimum absolute atomic E-state index is 0.0463. The van der Waals surface area contributed by atoms with Crippen LogP contribution in [0.4, 0.5) is 19.0 Å². The van der Waals surface area contributed by atoms with E-state index in [4.69, 9.17) is 4.74 Å². The van der Waals surface area contributed by atoms with Crippen molar-refractivity contribution < 1.29 is 22.7 Å². The highest BCUT2D eigenvalue weighted by atomic mass is 19.4. The zero-order valence-electron chi connectivity index (χ0n) is 15.8. The van der Waals surface area contributed by atoms with E-state index in [2.05, 4.69) is 15.3 Å². The molecule has 10 heteroatoms. The lowest BCUT2D eigenvalue weighted by atomic mass is 9.92. The van der Waals surface area contributed by atoms with Crippen LogP contribution >= 0.6 is 0 Å². The number of hydrogen-bond donors (Lipinski definition) is 1. The molecule has 1 fully saturated rings. The van der Waals surface area contributed by atoms with Crippen LogP contribution in [0.5, 0.6) is 0 Å². The molecule has 0 aliphatic carbocycles. The van der Waals surface area contributed by atoms with Gasteiger partial charge in [-0.05, 0) is 38.2 Å². The van der Waals surface area contributed by atoms with Gasteiger partial charge >= 0.3 is 6.18 Å². The van der Waals surface area contributed by atoms with Crippen molar-refractivity contribution in [2.24, 2.45) is 5.92 Å². The highest BCUT2D eigenvalue weighted by Crippen LogP contribution is 2.30. The third-order valence-electron chi connectivity index (χ3n) is 4.83. The van der Waals surface area contributed by atoms with Crippen LogP contribution < -0.4 is 10.9 Å². The molecule has 1 amide bonds. The van der Waals surface area contributed by atoms with Gasteiger partial charge in [-0.3, -0.25) is 14.6 Å². The number of aryl methyl sites for hydroxylation is 1. The number of anilines is 1. The summed E-state index contributed by atoms with van der Waals surface area (Å²) in [6, 6.07) is 0.433. The Bertz CT molecular complexity index is 906. The molecule has 2 aromatic rings. The maximum Gasteiger partial charge on any atom is 0.417 e. The molecule has 3 rings (SSSR count). The summed E-state index contributed by atoms with van der Waals surface area (Å²) in [7, 11) is 0. The van der Waals surface area contributed by atoms with Gasteiger partial charge in [-0.15, -0.1) is 0 Å². The number of rotatable bonds is 5. The molecular weight excluding hydrogens is 389 g/mol. The Hall–Kier alpha value is -2.75. The predicted octanol–water partition coefficient (Wildman–Crippen LogP) is 2.96. The van der Waals surface area contributed by atoms with Crippen LogP contribution in [-0.4, -0.2) is 33.7 Å². The van der Waals surface area contributed by atoms with Gasteiger partial charge in [0.25, 0.3) is 5.56 Å². The number of nitrogens with one attached hydrogen (secondary N) is 1. The van der Waals surface area contributed by atoms with E-state index < -0.39 is 29.2 Å². The van der Waals surface area contributed by atoms with Crippen molar-refractivity contribution >= 4 is 11.7 Å². The molecule has 0 saturated carbocycles. The van der Waals surface area contributed by atoms with E-state index in [1.807, 2.05) is 0 Å². The monoisotopic (exact) mass is 410 g/mol. The number of ether oxygens (including phenoxy) is 1. The molecule has 29 heavy (non-hydrogen) atoms. The van der Waals surface area contributed by atoms with Crippen LogP contribution in [0.15, 0.2) is 35.5 Å². The molecule has 0 radical (unpaired) electrons. The largest absolute Gasteiger partial charge is 0.417 e. The van der Waals surface area contributed by atoms with Crippen molar-refractivity contribution in [2.75, 3.05) is 18.5 Å². The number of aromatic nitrogens is 3. The van der Waals surface area contributed by atoms with Crippen molar-refractivity contribution in [3.63, 3.8) is 0 Å². The molecule has 1 saturated heterocycles. The van der Waals surface area contributed by atoms with Crippen molar-refractivity contribution in [1.29, 1.82) is 0 Å². The van der Waals surface area contributed by atoms with Crippen LogP contribution in [0.3, 0.4) is 0 Å². The number of halogens is 3. The van der Waals surface area contributed by atoms with Crippen molar-refractivity contribution in [3.8, 4) is 0 Å². The number of alkyl halides is 3. The van der Waals surface area contributed by atoms with E-state index in [0.29, 0.717) is 44.0 Å². The van der Waals surface area contributed by atoms with Crippen molar-refractivity contribution in [1.82, 2.24) is 14.5 Å². The maximum absolute atomic E-state index is 13.2. The van der Waals surface area contributed by atoms with Gasteiger partial charge in [-0.2, -0.15) is 13.2 Å². The fourth-order valence-electron chi connectivity index (χ4n) is 3.23. The average molecular weight is 410 g/mol. The summed E-state index contributed by atoms with van der Waals surface area (Å²) in [5, 5.41) is 2.56. The van der Waals surface area contributed by atoms with Crippen molar-refractivity contribution in [2.45, 2.75) is 38.4 Å². The predicted molar refractivity (Wildman–Crippen MR) is 98.3 cm³/mol. The van der Waals surface area contributed by atoms with E-state index >= 15 is 0 Å². The Kier molecular flexibility index (Phi) is 6.31. The molecule has 1 atom stereocenters. The Balaban J connectivity index is 1.93. The van der Waals surface area contributed by atoms with Crippen molar-refractivity contribution in [3.05, 3.63) is 52.3 Å². The van der Waals surface area contributed by atoms with E-state index in [0.717, 1.165) is 10.6 Å². The van der Waals surface area contributed by atoms with Gasteiger partial charge in [-0.25, -0.2) is 4.98 Å². The SMILES string of the molecule is Cc1cnc(NC(=O)C(CC2CCOCC2)n2cc(C(F)(F)F)ccc2=O)cn1. The Labute approximate surface area is 164 Å². The van der Waals surface area contributed by atoms with Gasteiger partial charge in [0.15, 0.2) is 5.82 Å². The number of carbonyl (C=O) groups is 1. The number of hydrogen-bond acceptors (Lipinski definition) is 5. The van der Waals surface area contributed by atoms with Gasteiger partial charge in [-0.1, -0.05) is 0 Å². The third-order valence-corrected chi connectivity index (χ3v) is 4.83. The third kappa shape index (κ3) is 5.41. The first kappa shape index (κ1) is 21.0. The fraction of sp³-hybridized carbons (Fsp3) is 0.474. The molecular formula is C19H21F3N4O3. The standard InChI is InChI=1S/C19H21F3N4O3/c1-12-9-24-16(10-23-12)25-18(28)15(8-13-4-6-29-7-5-13)26-11-14(19(20,21)22)2-3-17(26)27/h2-3,9-11,13,15H,4-8H2,1H3,(H,24,25,28). The second kappa shape index (κ2) is 8.73. The Morgan fingerprint density at radius 1 is 1.28 bits per heavy atom. The van der Waals surface area contributed by atoms with E-state index in [-0.39, 0.29) is 18.2 Å². The lowest BCUT2D eigenvalue weighted by molar-refractivity contribution is -0.138. The van der Waals surface area contributed by atoms with E-state index in [9.17, 15) is 22.8 Å². The molecule has 0 bridgehead atoms. The summed E-state index contributed by atoms with van der Waals surface area (Å²) < 4.78 is 45.6. The highest BCUT2D eigenvalue weighted by molar-refractivity contribution is 5.92. The van der Waals surface area contributed by atoms with Crippen LogP contribution in [0.2, 0.25) is 0 Å². The molecule has 3 heterocycles. The number of amides is 1. The van der Waals surface area contributed by atoms with E-state index in [1.165, 1.54) is 12.4 Å². The Morgan fingerprint density at radius 3 is 2.62 bits per heavy atom. The fourth-order valence-corrected chi connectivity index (χ4v) is 3.23. The molecule has 1 aliphatic heterocycles. The van der Waals surface area contributed by atoms with Gasteiger partial charge in [0.1, 0.15) is 6.04 Å². The molecule has 156 valence electrons. The van der Waals surface area contributed by atoms with Crippen LogP contribution in [0.1, 0.15) is 36.6 Å². The summed E-state index contributed by atoms with van der Waals surface area (Å²) in [4.78, 5) is 33.4. The minimum Gasteiger partial charge on any atom is -0.381 e. The summed E-state index contributed by atoms with van der Waals surface area (Å²) in [6.45, 7) is 2.76. The first-order valence-electron chi connectivity index (χ1n) is 9.20. The summed E-state index contributed by atoms with van der Waals surface area (Å²) >= 11 is 0. The lowest BCUT2D eigenvalue weighted by Crippen LogP contribution is -2.36. The molecule has 1 unspecified atom stereocenters. The van der Waals surface area contributed by atoms with Crippen LogP contribution in [-0.2, 0) is 15.7 Å². The second-order valence-electron chi connectivity index (χ2n) is 7.00. The average Bonchev–Trinajstić information content (AvgIpc) is 2.68. The number of carbonyl (C=O) groups excluding carboxylic acids is 1. The smallest absolute Gasteiger partial charge is 0.381 e. The van der Waals surface area contributed by atoms with Gasteiger partial charge in [0, 0.05) is 25.5 Å².